The third-order valence-corrected chi connectivity index (χ3v) is 5.41. The van der Waals surface area contributed by atoms with Gasteiger partial charge in [-0.3, -0.25) is 4.79 Å². The van der Waals surface area contributed by atoms with Gasteiger partial charge in [-0.25, -0.2) is 14.5 Å². The molecule has 0 aromatic heterocycles. The lowest BCUT2D eigenvalue weighted by Gasteiger charge is -2.31. The van der Waals surface area contributed by atoms with E-state index in [2.05, 4.69) is 0 Å². The number of halogens is 1. The van der Waals surface area contributed by atoms with Crippen molar-refractivity contribution in [2.45, 2.75) is 44.2 Å². The van der Waals surface area contributed by atoms with E-state index in [0.717, 1.165) is 5.56 Å². The van der Waals surface area contributed by atoms with Crippen molar-refractivity contribution in [2.24, 2.45) is 5.73 Å². The maximum absolute atomic E-state index is 13.6. The number of hydrogen-bond donors (Lipinski definition) is 1. The quantitative estimate of drug-likeness (QED) is 0.687. The molecule has 3 amide bonds. The third-order valence-electron chi connectivity index (χ3n) is 5.16. The van der Waals surface area contributed by atoms with E-state index in [1.165, 1.54) is 4.90 Å². The third kappa shape index (κ3) is 5.76. The predicted molar refractivity (Wildman–Crippen MR) is 116 cm³/mol. The maximum atomic E-state index is 13.6. The molecule has 0 saturated carbocycles. The first kappa shape index (κ1) is 22.6. The van der Waals surface area contributed by atoms with Crippen LogP contribution in [0.5, 0.6) is 0 Å². The summed E-state index contributed by atoms with van der Waals surface area (Å²) >= 11 is 6.01. The summed E-state index contributed by atoms with van der Waals surface area (Å²) in [6.07, 6.45) is -1.01. The zero-order chi connectivity index (χ0) is 22.6. The van der Waals surface area contributed by atoms with Crippen LogP contribution in [-0.4, -0.2) is 41.2 Å². The van der Waals surface area contributed by atoms with E-state index in [4.69, 9.17) is 26.8 Å². The summed E-state index contributed by atoms with van der Waals surface area (Å²) in [4.78, 5) is 38.6. The highest BCUT2D eigenvalue weighted by atomic mass is 35.5. The van der Waals surface area contributed by atoms with Gasteiger partial charge in [0.2, 0.25) is 5.91 Å². The number of carbonyl (C=O) groups excluding carboxylic acids is 3. The minimum atomic E-state index is -1.04. The Morgan fingerprint density at radius 1 is 1.19 bits per heavy atom. The molecule has 1 heterocycles. The molecular formula is C23H25ClN2O5. The molecule has 2 atom stereocenters. The maximum Gasteiger partial charge on any atom is 0.417 e. The van der Waals surface area contributed by atoms with Crippen LogP contribution in [0.2, 0.25) is 5.02 Å². The number of ether oxygens (including phenoxy) is 2. The van der Waals surface area contributed by atoms with Gasteiger partial charge >= 0.3 is 12.2 Å². The molecule has 1 aliphatic rings. The largest absolute Gasteiger partial charge is 0.447 e. The second kappa shape index (κ2) is 9.39. The fraction of sp³-hybridized carbons (Fsp3) is 0.348. The van der Waals surface area contributed by atoms with Crippen LogP contribution in [-0.2, 0) is 20.7 Å². The van der Waals surface area contributed by atoms with Crippen LogP contribution >= 0.6 is 11.6 Å². The summed E-state index contributed by atoms with van der Waals surface area (Å²) in [5.41, 5.74) is 5.79. The Hall–Kier alpha value is -3.06. The van der Waals surface area contributed by atoms with E-state index < -0.39 is 35.7 Å². The Morgan fingerprint density at radius 2 is 1.84 bits per heavy atom. The number of nitrogens with zero attached hydrogens (tertiary/aromatic N) is 1. The summed E-state index contributed by atoms with van der Waals surface area (Å²) in [6, 6.07) is 15.9. The minimum Gasteiger partial charge on any atom is -0.447 e. The Labute approximate surface area is 186 Å². The van der Waals surface area contributed by atoms with Crippen molar-refractivity contribution >= 4 is 29.7 Å². The topological polar surface area (TPSA) is 98.9 Å². The van der Waals surface area contributed by atoms with Gasteiger partial charge in [0.15, 0.2) is 0 Å². The molecule has 8 heteroatoms. The van der Waals surface area contributed by atoms with E-state index in [-0.39, 0.29) is 13.0 Å². The van der Waals surface area contributed by atoms with Crippen molar-refractivity contribution in [2.75, 3.05) is 6.61 Å². The van der Waals surface area contributed by atoms with Crippen molar-refractivity contribution in [3.63, 3.8) is 0 Å². The summed E-state index contributed by atoms with van der Waals surface area (Å²) in [7, 11) is 0. The summed E-state index contributed by atoms with van der Waals surface area (Å²) in [5, 5.41) is 0.519. The van der Waals surface area contributed by atoms with E-state index in [1.54, 1.807) is 38.1 Å². The first-order valence-electron chi connectivity index (χ1n) is 9.94. The number of rotatable bonds is 7. The summed E-state index contributed by atoms with van der Waals surface area (Å²) in [5.74, 6) is -1.19. The number of cyclic esters (lactones) is 1. The van der Waals surface area contributed by atoms with Gasteiger partial charge in [-0.2, -0.15) is 0 Å². The van der Waals surface area contributed by atoms with Crippen molar-refractivity contribution in [1.82, 2.24) is 4.90 Å². The molecule has 2 aromatic carbocycles. The van der Waals surface area contributed by atoms with E-state index in [1.807, 2.05) is 30.3 Å². The molecule has 1 aliphatic heterocycles. The van der Waals surface area contributed by atoms with Crippen LogP contribution in [0.1, 0.15) is 37.3 Å². The molecule has 0 radical (unpaired) electrons. The highest BCUT2D eigenvalue weighted by Gasteiger charge is 2.43. The Kier molecular flexibility index (Phi) is 6.85. The van der Waals surface area contributed by atoms with E-state index in [9.17, 15) is 14.4 Å². The molecule has 0 spiro atoms. The summed E-state index contributed by atoms with van der Waals surface area (Å²) in [6.45, 7) is 3.45. The van der Waals surface area contributed by atoms with Gasteiger partial charge in [0.05, 0.1) is 12.0 Å². The van der Waals surface area contributed by atoms with Crippen molar-refractivity contribution in [3.8, 4) is 0 Å². The van der Waals surface area contributed by atoms with Crippen LogP contribution in [0.25, 0.3) is 0 Å². The normalized spacial score (nSPS) is 17.2. The van der Waals surface area contributed by atoms with Crippen LogP contribution in [0.3, 0.4) is 0 Å². The van der Waals surface area contributed by atoms with Crippen molar-refractivity contribution in [1.29, 1.82) is 0 Å². The second-order valence-electron chi connectivity index (χ2n) is 8.12. The lowest BCUT2D eigenvalue weighted by atomic mass is 9.86. The van der Waals surface area contributed by atoms with Crippen LogP contribution in [0.4, 0.5) is 9.59 Å². The number of imide groups is 1. The molecule has 31 heavy (non-hydrogen) atoms. The number of primary amides is 1. The van der Waals surface area contributed by atoms with Crippen LogP contribution in [0.15, 0.2) is 54.6 Å². The molecule has 3 rings (SSSR count). The first-order valence-corrected chi connectivity index (χ1v) is 10.3. The standard InChI is InChI=1S/C23H25ClN2O5/c1-23(2,31-21(25)28)13-19(16-8-10-17(24)11-9-16)20(27)26-18(14-30-22(26)29)12-15-6-4-3-5-7-15/h3-11,18-19H,12-14H2,1-2H3,(H2,25,28)/t18-,19+/m0/s1. The fourth-order valence-corrected chi connectivity index (χ4v) is 3.91. The number of benzene rings is 2. The molecule has 0 unspecified atom stereocenters. The molecule has 2 N–H and O–H groups in total. The Bertz CT molecular complexity index is 946. The summed E-state index contributed by atoms with van der Waals surface area (Å²) < 4.78 is 10.4. The van der Waals surface area contributed by atoms with Gasteiger partial charge in [0.1, 0.15) is 12.2 Å². The number of hydrogen-bond acceptors (Lipinski definition) is 5. The monoisotopic (exact) mass is 444 g/mol. The molecule has 0 aliphatic carbocycles. The van der Waals surface area contributed by atoms with E-state index in [0.29, 0.717) is 17.0 Å². The zero-order valence-electron chi connectivity index (χ0n) is 17.4. The van der Waals surface area contributed by atoms with E-state index >= 15 is 0 Å². The molecule has 1 fully saturated rings. The minimum absolute atomic E-state index is 0.119. The number of nitrogens with two attached hydrogens (primary N) is 1. The van der Waals surface area contributed by atoms with Gasteiger partial charge in [-0.05, 0) is 43.5 Å². The molecule has 1 saturated heterocycles. The second-order valence-corrected chi connectivity index (χ2v) is 8.55. The number of carbonyl (C=O) groups is 3. The Morgan fingerprint density at radius 3 is 2.45 bits per heavy atom. The predicted octanol–water partition coefficient (Wildman–Crippen LogP) is 4.28. The lowest BCUT2D eigenvalue weighted by molar-refractivity contribution is -0.132. The molecule has 2 aromatic rings. The highest BCUT2D eigenvalue weighted by Crippen LogP contribution is 2.33. The molecular weight excluding hydrogens is 420 g/mol. The first-order chi connectivity index (χ1) is 14.7. The molecule has 0 bridgehead atoms. The zero-order valence-corrected chi connectivity index (χ0v) is 18.2. The van der Waals surface area contributed by atoms with Gasteiger partial charge in [0, 0.05) is 11.4 Å². The van der Waals surface area contributed by atoms with Gasteiger partial charge in [0.25, 0.3) is 0 Å². The Balaban J connectivity index is 1.90. The molecule has 7 nitrogen and oxygen atoms in total. The van der Waals surface area contributed by atoms with Crippen LogP contribution < -0.4 is 5.73 Å². The average molecular weight is 445 g/mol. The lowest BCUT2D eigenvalue weighted by Crippen LogP contribution is -2.45. The van der Waals surface area contributed by atoms with Gasteiger partial charge in [-0.15, -0.1) is 0 Å². The SMILES string of the molecule is CC(C)(C[C@@H](C(=O)N1C(=O)OC[C@@H]1Cc1ccccc1)c1ccc(Cl)cc1)OC(N)=O. The molecule has 164 valence electrons. The van der Waals surface area contributed by atoms with Crippen molar-refractivity contribution < 1.29 is 23.9 Å². The van der Waals surface area contributed by atoms with Gasteiger partial charge < -0.3 is 15.2 Å². The van der Waals surface area contributed by atoms with Crippen molar-refractivity contribution in [3.05, 3.63) is 70.7 Å². The average Bonchev–Trinajstić information content (AvgIpc) is 3.06. The smallest absolute Gasteiger partial charge is 0.417 e. The van der Waals surface area contributed by atoms with Gasteiger partial charge in [-0.1, -0.05) is 54.1 Å². The fourth-order valence-electron chi connectivity index (χ4n) is 3.78. The number of amides is 3. The highest BCUT2D eigenvalue weighted by molar-refractivity contribution is 6.30. The van der Waals surface area contributed by atoms with Crippen LogP contribution in [0, 0.1) is 0 Å².